The molecular weight excluding hydrogens is 298 g/mol. The van der Waals surface area contributed by atoms with Crippen molar-refractivity contribution in [3.63, 3.8) is 0 Å². The fourth-order valence-corrected chi connectivity index (χ4v) is 3.52. The second kappa shape index (κ2) is 5.49. The van der Waals surface area contributed by atoms with Gasteiger partial charge in [0.05, 0.1) is 5.52 Å². The van der Waals surface area contributed by atoms with Crippen molar-refractivity contribution in [1.29, 1.82) is 0 Å². The number of aryl methyl sites for hydroxylation is 2. The first-order chi connectivity index (χ1) is 11.6. The van der Waals surface area contributed by atoms with E-state index in [9.17, 15) is 0 Å². The number of ether oxygens (including phenoxy) is 1. The first kappa shape index (κ1) is 15.0. The molecule has 0 saturated heterocycles. The quantitative estimate of drug-likeness (QED) is 0.623. The molecule has 4 nitrogen and oxygen atoms in total. The Hall–Kier alpha value is -2.59. The summed E-state index contributed by atoms with van der Waals surface area (Å²) in [6.45, 7) is 4.64. The number of nitrogens with zero attached hydrogens (tertiary/aromatic N) is 2. The van der Waals surface area contributed by atoms with E-state index in [1.165, 1.54) is 32.8 Å². The lowest BCUT2D eigenvalue weighted by atomic mass is 10.0. The monoisotopic (exact) mass is 319 g/mol. The Bertz CT molecular complexity index is 1060. The molecule has 122 valence electrons. The van der Waals surface area contributed by atoms with E-state index in [0.29, 0.717) is 6.61 Å². The van der Waals surface area contributed by atoms with Crippen molar-refractivity contribution in [2.24, 2.45) is 12.8 Å². The van der Waals surface area contributed by atoms with Gasteiger partial charge in [0.15, 0.2) is 0 Å². The molecule has 0 radical (unpaired) electrons. The molecular formula is C20H21N3O. The molecule has 0 aliphatic heterocycles. The number of benzene rings is 2. The SMILES string of the molecule is Cc1c2ccncc2cc2c3cc(OCC(C)N)ccc3n(C)c12. The van der Waals surface area contributed by atoms with Gasteiger partial charge in [-0.2, -0.15) is 0 Å². The summed E-state index contributed by atoms with van der Waals surface area (Å²) in [6, 6.07) is 10.6. The largest absolute Gasteiger partial charge is 0.492 e. The van der Waals surface area contributed by atoms with Gasteiger partial charge in [-0.3, -0.25) is 4.98 Å². The summed E-state index contributed by atoms with van der Waals surface area (Å²) in [5, 5.41) is 4.84. The fraction of sp³-hybridized carbons (Fsp3) is 0.250. The van der Waals surface area contributed by atoms with Crippen LogP contribution in [0.3, 0.4) is 0 Å². The van der Waals surface area contributed by atoms with Crippen LogP contribution in [0.1, 0.15) is 12.5 Å². The predicted octanol–water partition coefficient (Wildman–Crippen LogP) is 3.91. The first-order valence-corrected chi connectivity index (χ1v) is 8.20. The van der Waals surface area contributed by atoms with Crippen molar-refractivity contribution in [3.05, 3.63) is 48.3 Å². The van der Waals surface area contributed by atoms with Gasteiger partial charge in [0.25, 0.3) is 0 Å². The highest BCUT2D eigenvalue weighted by molar-refractivity contribution is 6.14. The number of nitrogens with two attached hydrogens (primary N) is 1. The lowest BCUT2D eigenvalue weighted by Gasteiger charge is -2.08. The van der Waals surface area contributed by atoms with Crippen molar-refractivity contribution in [2.75, 3.05) is 6.61 Å². The summed E-state index contributed by atoms with van der Waals surface area (Å²) in [5.74, 6) is 0.858. The zero-order valence-electron chi connectivity index (χ0n) is 14.2. The van der Waals surface area contributed by atoms with Crippen LogP contribution in [-0.4, -0.2) is 22.2 Å². The summed E-state index contributed by atoms with van der Waals surface area (Å²) >= 11 is 0. The van der Waals surface area contributed by atoms with Crippen LogP contribution in [0.5, 0.6) is 5.75 Å². The minimum absolute atomic E-state index is 0.0190. The molecule has 2 N–H and O–H groups in total. The van der Waals surface area contributed by atoms with E-state index >= 15 is 0 Å². The Labute approximate surface area is 140 Å². The van der Waals surface area contributed by atoms with Crippen molar-refractivity contribution in [2.45, 2.75) is 19.9 Å². The lowest BCUT2D eigenvalue weighted by Crippen LogP contribution is -2.23. The van der Waals surface area contributed by atoms with Crippen LogP contribution >= 0.6 is 0 Å². The number of hydrogen-bond acceptors (Lipinski definition) is 3. The normalized spacial score (nSPS) is 13.0. The third-order valence-electron chi connectivity index (χ3n) is 4.63. The van der Waals surface area contributed by atoms with Crippen LogP contribution in [-0.2, 0) is 7.05 Å². The van der Waals surface area contributed by atoms with Gasteiger partial charge in [-0.15, -0.1) is 0 Å². The van der Waals surface area contributed by atoms with Gasteiger partial charge >= 0.3 is 0 Å². The Morgan fingerprint density at radius 2 is 2.00 bits per heavy atom. The minimum Gasteiger partial charge on any atom is -0.492 e. The average molecular weight is 319 g/mol. The second-order valence-corrected chi connectivity index (χ2v) is 6.52. The highest BCUT2D eigenvalue weighted by atomic mass is 16.5. The maximum absolute atomic E-state index is 5.80. The van der Waals surface area contributed by atoms with Crippen LogP contribution in [0.2, 0.25) is 0 Å². The molecule has 0 spiro atoms. The summed E-state index contributed by atoms with van der Waals surface area (Å²) in [6.07, 6.45) is 3.78. The summed E-state index contributed by atoms with van der Waals surface area (Å²) in [5.41, 5.74) is 9.53. The van der Waals surface area contributed by atoms with Crippen LogP contribution in [0.15, 0.2) is 42.7 Å². The van der Waals surface area contributed by atoms with Gasteiger partial charge in [0.1, 0.15) is 12.4 Å². The molecule has 0 aliphatic rings. The Balaban J connectivity index is 2.01. The third kappa shape index (κ3) is 2.22. The smallest absolute Gasteiger partial charge is 0.120 e. The van der Waals surface area contributed by atoms with Crippen LogP contribution in [0.4, 0.5) is 0 Å². The molecule has 4 aromatic rings. The minimum atomic E-state index is 0.0190. The molecule has 1 unspecified atom stereocenters. The summed E-state index contributed by atoms with van der Waals surface area (Å²) in [7, 11) is 2.12. The van der Waals surface area contributed by atoms with Crippen LogP contribution in [0.25, 0.3) is 32.6 Å². The van der Waals surface area contributed by atoms with Gasteiger partial charge in [-0.1, -0.05) is 0 Å². The molecule has 1 atom stereocenters. The van der Waals surface area contributed by atoms with Gasteiger partial charge in [-0.25, -0.2) is 0 Å². The third-order valence-corrected chi connectivity index (χ3v) is 4.63. The molecule has 0 amide bonds. The predicted molar refractivity (Wildman–Crippen MR) is 99.6 cm³/mol. The van der Waals surface area contributed by atoms with E-state index < -0.39 is 0 Å². The molecule has 2 aromatic heterocycles. The fourth-order valence-electron chi connectivity index (χ4n) is 3.52. The first-order valence-electron chi connectivity index (χ1n) is 8.20. The molecule has 0 fully saturated rings. The van der Waals surface area contributed by atoms with E-state index in [1.807, 2.05) is 25.4 Å². The maximum atomic E-state index is 5.80. The molecule has 0 saturated carbocycles. The van der Waals surface area contributed by atoms with E-state index in [-0.39, 0.29) is 6.04 Å². The van der Waals surface area contributed by atoms with Gasteiger partial charge in [0.2, 0.25) is 0 Å². The van der Waals surface area contributed by atoms with Gasteiger partial charge < -0.3 is 15.0 Å². The Kier molecular flexibility index (Phi) is 3.43. The summed E-state index contributed by atoms with van der Waals surface area (Å²) < 4.78 is 8.06. The zero-order valence-corrected chi connectivity index (χ0v) is 14.2. The van der Waals surface area contributed by atoms with E-state index in [1.54, 1.807) is 0 Å². The summed E-state index contributed by atoms with van der Waals surface area (Å²) in [4.78, 5) is 4.27. The molecule has 2 heterocycles. The maximum Gasteiger partial charge on any atom is 0.120 e. The van der Waals surface area contributed by atoms with E-state index in [0.717, 1.165) is 11.1 Å². The van der Waals surface area contributed by atoms with Crippen LogP contribution in [0, 0.1) is 6.92 Å². The Morgan fingerprint density at radius 3 is 2.79 bits per heavy atom. The molecule has 0 bridgehead atoms. The van der Waals surface area contributed by atoms with Crippen LogP contribution < -0.4 is 10.5 Å². The topological polar surface area (TPSA) is 53.1 Å². The standard InChI is InChI=1S/C20H21N3O/c1-12(21)11-24-15-4-5-19-17(9-15)18-8-14-10-22-7-6-16(14)13(2)20(18)23(19)3/h4-10,12H,11,21H2,1-3H3. The number of rotatable bonds is 3. The van der Waals surface area contributed by atoms with E-state index in [4.69, 9.17) is 10.5 Å². The number of hydrogen-bond donors (Lipinski definition) is 1. The number of aromatic nitrogens is 2. The molecule has 24 heavy (non-hydrogen) atoms. The Morgan fingerprint density at radius 1 is 1.17 bits per heavy atom. The van der Waals surface area contributed by atoms with Gasteiger partial charge in [-0.05, 0) is 55.1 Å². The van der Waals surface area contributed by atoms with Crippen molar-refractivity contribution < 1.29 is 4.74 Å². The van der Waals surface area contributed by atoms with Crippen molar-refractivity contribution in [1.82, 2.24) is 9.55 Å². The molecule has 4 heteroatoms. The number of fused-ring (bicyclic) bond motifs is 4. The lowest BCUT2D eigenvalue weighted by molar-refractivity contribution is 0.296. The second-order valence-electron chi connectivity index (χ2n) is 6.52. The molecule has 2 aromatic carbocycles. The highest BCUT2D eigenvalue weighted by Crippen LogP contribution is 2.36. The molecule has 4 rings (SSSR count). The van der Waals surface area contributed by atoms with Gasteiger partial charge in [0, 0.05) is 47.2 Å². The van der Waals surface area contributed by atoms with Crippen molar-refractivity contribution in [3.8, 4) is 5.75 Å². The number of pyridine rings is 1. The highest BCUT2D eigenvalue weighted by Gasteiger charge is 2.14. The van der Waals surface area contributed by atoms with Crippen molar-refractivity contribution >= 4 is 32.6 Å². The zero-order chi connectivity index (χ0) is 16.8. The molecule has 0 aliphatic carbocycles. The average Bonchev–Trinajstić information content (AvgIpc) is 2.86. The van der Waals surface area contributed by atoms with E-state index in [2.05, 4.69) is 47.8 Å².